The van der Waals surface area contributed by atoms with Crippen LogP contribution in [0.25, 0.3) is 17.2 Å². The van der Waals surface area contributed by atoms with Gasteiger partial charge in [0.15, 0.2) is 17.2 Å². The Hall–Kier alpha value is -3.57. The van der Waals surface area contributed by atoms with Gasteiger partial charge >= 0.3 is 6.18 Å². The molecule has 0 bridgehead atoms. The maximum atomic E-state index is 13.0. The van der Waals surface area contributed by atoms with Gasteiger partial charge in [-0.1, -0.05) is 6.92 Å². The van der Waals surface area contributed by atoms with Crippen molar-refractivity contribution in [2.24, 2.45) is 5.92 Å². The van der Waals surface area contributed by atoms with Crippen molar-refractivity contribution in [2.75, 3.05) is 18.0 Å². The first-order valence-electron chi connectivity index (χ1n) is 9.95. The molecule has 1 aliphatic heterocycles. The molecular formula is C20H20F4N8. The number of anilines is 1. The van der Waals surface area contributed by atoms with Crippen LogP contribution >= 0.6 is 0 Å². The Morgan fingerprint density at radius 2 is 1.94 bits per heavy atom. The number of halogens is 4. The van der Waals surface area contributed by atoms with E-state index >= 15 is 0 Å². The van der Waals surface area contributed by atoms with Gasteiger partial charge in [0.05, 0.1) is 18.6 Å². The summed E-state index contributed by atoms with van der Waals surface area (Å²) in [6.07, 6.45) is 4.24. The van der Waals surface area contributed by atoms with Crippen LogP contribution in [0.15, 0.2) is 43.1 Å². The third-order valence-electron chi connectivity index (χ3n) is 5.00. The first-order chi connectivity index (χ1) is 15.3. The van der Waals surface area contributed by atoms with Gasteiger partial charge < -0.3 is 4.90 Å². The van der Waals surface area contributed by atoms with Crippen LogP contribution in [0.5, 0.6) is 0 Å². The smallest absolute Gasteiger partial charge is 0.356 e. The lowest BCUT2D eigenvalue weighted by Gasteiger charge is -2.31. The molecule has 5 rings (SSSR count). The molecule has 0 aromatic carbocycles. The van der Waals surface area contributed by atoms with Crippen LogP contribution in [0.3, 0.4) is 0 Å². The Morgan fingerprint density at radius 1 is 1.09 bits per heavy atom. The van der Waals surface area contributed by atoms with Gasteiger partial charge in [-0.15, -0.1) is 0 Å². The molecule has 32 heavy (non-hydrogen) atoms. The molecule has 0 radical (unpaired) electrons. The SMILES string of the molecule is CC1CCCN(c2ccnc(-c3cnc4cnc(C(F)(F)F)cn34)n2)C1.Fc1ccn[nH]1. The summed E-state index contributed by atoms with van der Waals surface area (Å²) in [6.45, 7) is 4.02. The number of rotatable bonds is 2. The van der Waals surface area contributed by atoms with Gasteiger partial charge in [-0.3, -0.25) is 9.50 Å². The molecule has 1 atom stereocenters. The highest BCUT2D eigenvalue weighted by Crippen LogP contribution is 2.29. The molecule has 0 aliphatic carbocycles. The standard InChI is InChI=1S/C17H17F3N6.C3H3FN2/c1-11-3-2-6-25(9-11)14-4-5-21-16(24-14)12-7-23-15-8-22-13(10-26(12)15)17(18,19)20;4-3-1-2-5-6-3/h4-5,7-8,10-11H,2-3,6,9H2,1H3;1-2H,(H,5,6). The van der Waals surface area contributed by atoms with Gasteiger partial charge in [-0.05, 0) is 24.8 Å². The Morgan fingerprint density at radius 3 is 2.59 bits per heavy atom. The Bertz CT molecular complexity index is 1170. The summed E-state index contributed by atoms with van der Waals surface area (Å²) in [5.41, 5.74) is -0.265. The number of nitrogens with zero attached hydrogens (tertiary/aromatic N) is 7. The summed E-state index contributed by atoms with van der Waals surface area (Å²) in [5.74, 6) is 1.31. The van der Waals surface area contributed by atoms with Crippen molar-refractivity contribution < 1.29 is 17.6 Å². The number of hydrogen-bond donors (Lipinski definition) is 1. The van der Waals surface area contributed by atoms with E-state index in [0.29, 0.717) is 23.1 Å². The predicted octanol–water partition coefficient (Wildman–Crippen LogP) is 3.99. The van der Waals surface area contributed by atoms with E-state index in [1.807, 2.05) is 6.07 Å². The second-order valence-corrected chi connectivity index (χ2v) is 7.48. The number of aromatic nitrogens is 7. The Kier molecular flexibility index (Phi) is 6.01. The van der Waals surface area contributed by atoms with Crippen LogP contribution in [-0.4, -0.2) is 47.6 Å². The van der Waals surface area contributed by atoms with Crippen LogP contribution in [0.1, 0.15) is 25.5 Å². The van der Waals surface area contributed by atoms with Gasteiger partial charge in [0.25, 0.3) is 0 Å². The first-order valence-corrected chi connectivity index (χ1v) is 9.95. The highest BCUT2D eigenvalue weighted by atomic mass is 19.4. The minimum Gasteiger partial charge on any atom is -0.356 e. The van der Waals surface area contributed by atoms with E-state index < -0.39 is 17.8 Å². The lowest BCUT2D eigenvalue weighted by atomic mass is 10.0. The zero-order valence-electron chi connectivity index (χ0n) is 17.1. The maximum absolute atomic E-state index is 13.0. The molecule has 1 saturated heterocycles. The molecule has 8 nitrogen and oxygen atoms in total. The van der Waals surface area contributed by atoms with Crippen LogP contribution in [0.2, 0.25) is 0 Å². The fraction of sp³-hybridized carbons (Fsp3) is 0.350. The summed E-state index contributed by atoms with van der Waals surface area (Å²) in [6, 6.07) is 3.08. The molecule has 12 heteroatoms. The second kappa shape index (κ2) is 8.89. The first kappa shape index (κ1) is 21.7. The van der Waals surface area contributed by atoms with Crippen molar-refractivity contribution in [3.05, 3.63) is 54.8 Å². The van der Waals surface area contributed by atoms with Gasteiger partial charge in [-0.2, -0.15) is 22.7 Å². The molecule has 0 saturated carbocycles. The predicted molar refractivity (Wildman–Crippen MR) is 108 cm³/mol. The van der Waals surface area contributed by atoms with E-state index in [9.17, 15) is 17.6 Å². The average Bonchev–Trinajstić information content (AvgIpc) is 3.42. The normalized spacial score (nSPS) is 16.7. The van der Waals surface area contributed by atoms with Gasteiger partial charge in [-0.25, -0.2) is 19.9 Å². The van der Waals surface area contributed by atoms with Crippen molar-refractivity contribution in [1.82, 2.24) is 34.5 Å². The second-order valence-electron chi connectivity index (χ2n) is 7.48. The monoisotopic (exact) mass is 448 g/mol. The molecule has 0 amide bonds. The number of alkyl halides is 3. The van der Waals surface area contributed by atoms with Crippen molar-refractivity contribution >= 4 is 11.5 Å². The van der Waals surface area contributed by atoms with Crippen LogP contribution in [-0.2, 0) is 6.18 Å². The number of piperidine rings is 1. The number of fused-ring (bicyclic) bond motifs is 1. The van der Waals surface area contributed by atoms with Gasteiger partial charge in [0.1, 0.15) is 11.5 Å². The van der Waals surface area contributed by atoms with Crippen molar-refractivity contribution in [2.45, 2.75) is 25.9 Å². The summed E-state index contributed by atoms with van der Waals surface area (Å²) < 4.78 is 51.8. The van der Waals surface area contributed by atoms with Crippen LogP contribution in [0, 0.1) is 11.9 Å². The number of aromatic amines is 1. The summed E-state index contributed by atoms with van der Waals surface area (Å²) >= 11 is 0. The van der Waals surface area contributed by atoms with E-state index in [-0.39, 0.29) is 0 Å². The molecule has 5 heterocycles. The van der Waals surface area contributed by atoms with Crippen LogP contribution in [0.4, 0.5) is 23.4 Å². The zero-order chi connectivity index (χ0) is 22.7. The van der Waals surface area contributed by atoms with Crippen molar-refractivity contribution in [1.29, 1.82) is 0 Å². The molecule has 4 aromatic rings. The number of imidazole rings is 1. The largest absolute Gasteiger partial charge is 0.434 e. The van der Waals surface area contributed by atoms with E-state index in [1.54, 1.807) is 6.20 Å². The molecule has 1 fully saturated rings. The highest BCUT2D eigenvalue weighted by Gasteiger charge is 2.33. The maximum Gasteiger partial charge on any atom is 0.434 e. The fourth-order valence-electron chi connectivity index (χ4n) is 3.49. The van der Waals surface area contributed by atoms with E-state index in [0.717, 1.165) is 37.7 Å². The van der Waals surface area contributed by atoms with E-state index in [4.69, 9.17) is 0 Å². The Labute approximate surface area is 180 Å². The minimum atomic E-state index is -4.53. The van der Waals surface area contributed by atoms with Crippen LogP contribution < -0.4 is 4.90 Å². The third-order valence-corrected chi connectivity index (χ3v) is 5.00. The molecule has 1 unspecified atom stereocenters. The third kappa shape index (κ3) is 4.84. The van der Waals surface area contributed by atoms with Gasteiger partial charge in [0.2, 0.25) is 5.95 Å². The van der Waals surface area contributed by atoms with Gasteiger partial charge in [0, 0.05) is 31.5 Å². The lowest BCUT2D eigenvalue weighted by molar-refractivity contribution is -0.141. The molecule has 4 aromatic heterocycles. The molecule has 1 N–H and O–H groups in total. The minimum absolute atomic E-state index is 0.314. The van der Waals surface area contributed by atoms with E-state index in [2.05, 4.69) is 42.0 Å². The fourth-order valence-corrected chi connectivity index (χ4v) is 3.49. The zero-order valence-corrected chi connectivity index (χ0v) is 17.1. The number of nitrogens with one attached hydrogen (secondary N) is 1. The molecule has 0 spiro atoms. The average molecular weight is 448 g/mol. The molecule has 168 valence electrons. The Balaban J connectivity index is 0.000000354. The van der Waals surface area contributed by atoms with Crippen molar-refractivity contribution in [3.63, 3.8) is 0 Å². The number of hydrogen-bond acceptors (Lipinski definition) is 6. The highest BCUT2D eigenvalue weighted by molar-refractivity contribution is 5.58. The lowest BCUT2D eigenvalue weighted by Crippen LogP contribution is -2.34. The number of H-pyrrole nitrogens is 1. The summed E-state index contributed by atoms with van der Waals surface area (Å²) in [5, 5.41) is 5.41. The van der Waals surface area contributed by atoms with Crippen molar-refractivity contribution in [3.8, 4) is 11.5 Å². The molecule has 1 aliphatic rings. The summed E-state index contributed by atoms with van der Waals surface area (Å²) in [7, 11) is 0. The topological polar surface area (TPSA) is 87.9 Å². The molecular weight excluding hydrogens is 428 g/mol. The summed E-state index contributed by atoms with van der Waals surface area (Å²) in [4.78, 5) is 18.5. The van der Waals surface area contributed by atoms with E-state index in [1.165, 1.54) is 29.3 Å². The quantitative estimate of drug-likeness (QED) is 0.467.